The highest BCUT2D eigenvalue weighted by Crippen LogP contribution is 2.32. The Hall–Kier alpha value is -0.930. The van der Waals surface area contributed by atoms with Crippen LogP contribution in [0, 0.1) is 11.7 Å². The highest BCUT2D eigenvalue weighted by Gasteiger charge is 2.28. The van der Waals surface area contributed by atoms with Gasteiger partial charge in [0.1, 0.15) is 5.82 Å². The molecule has 19 heavy (non-hydrogen) atoms. The maximum atomic E-state index is 13.3. The molecular formula is C16H24FNO. The molecule has 1 aromatic carbocycles. The number of aliphatic hydroxyl groups is 1. The van der Waals surface area contributed by atoms with Crippen molar-refractivity contribution >= 4 is 0 Å². The SMILES string of the molecule is NCC(c1cccc(F)c1)C(O)C1CCCCCC1. The lowest BCUT2D eigenvalue weighted by atomic mass is 9.82. The Morgan fingerprint density at radius 2 is 1.89 bits per heavy atom. The van der Waals surface area contributed by atoms with E-state index in [4.69, 9.17) is 5.73 Å². The van der Waals surface area contributed by atoms with E-state index in [0.29, 0.717) is 12.5 Å². The average Bonchev–Trinajstić information content (AvgIpc) is 2.68. The molecule has 1 saturated carbocycles. The topological polar surface area (TPSA) is 46.2 Å². The molecule has 1 aromatic rings. The first-order chi connectivity index (χ1) is 9.22. The maximum Gasteiger partial charge on any atom is 0.123 e. The van der Waals surface area contributed by atoms with E-state index in [2.05, 4.69) is 0 Å². The predicted molar refractivity (Wildman–Crippen MR) is 75.4 cm³/mol. The van der Waals surface area contributed by atoms with E-state index in [9.17, 15) is 9.50 Å². The summed E-state index contributed by atoms with van der Waals surface area (Å²) in [5, 5.41) is 10.6. The molecule has 2 rings (SSSR count). The van der Waals surface area contributed by atoms with Crippen molar-refractivity contribution in [3.8, 4) is 0 Å². The van der Waals surface area contributed by atoms with Crippen LogP contribution in [0.15, 0.2) is 24.3 Å². The first-order valence-corrected chi connectivity index (χ1v) is 7.36. The molecule has 0 radical (unpaired) electrons. The molecule has 2 unspecified atom stereocenters. The molecule has 2 nitrogen and oxygen atoms in total. The molecule has 0 spiro atoms. The molecule has 106 valence electrons. The normalized spacial score (nSPS) is 20.8. The van der Waals surface area contributed by atoms with Crippen molar-refractivity contribution in [1.82, 2.24) is 0 Å². The fourth-order valence-electron chi connectivity index (χ4n) is 3.19. The van der Waals surface area contributed by atoms with E-state index in [0.717, 1.165) is 18.4 Å². The third kappa shape index (κ3) is 3.77. The zero-order chi connectivity index (χ0) is 13.7. The van der Waals surface area contributed by atoms with E-state index in [1.165, 1.54) is 37.8 Å². The van der Waals surface area contributed by atoms with Crippen LogP contribution >= 0.6 is 0 Å². The fourth-order valence-corrected chi connectivity index (χ4v) is 3.19. The molecule has 0 saturated heterocycles. The van der Waals surface area contributed by atoms with Gasteiger partial charge in [0.25, 0.3) is 0 Å². The van der Waals surface area contributed by atoms with Gasteiger partial charge in [-0.3, -0.25) is 0 Å². The van der Waals surface area contributed by atoms with Gasteiger partial charge in [0, 0.05) is 12.5 Å². The molecule has 0 heterocycles. The Morgan fingerprint density at radius 1 is 1.21 bits per heavy atom. The Kier molecular flexibility index (Phi) is 5.34. The number of nitrogens with two attached hydrogens (primary N) is 1. The molecule has 3 heteroatoms. The largest absolute Gasteiger partial charge is 0.392 e. The van der Waals surface area contributed by atoms with E-state index < -0.39 is 6.10 Å². The Morgan fingerprint density at radius 3 is 2.47 bits per heavy atom. The van der Waals surface area contributed by atoms with E-state index in [1.807, 2.05) is 6.07 Å². The standard InChI is InChI=1S/C16H24FNO/c17-14-9-5-8-13(10-14)15(11-18)16(19)12-6-3-1-2-4-7-12/h5,8-10,12,15-16,19H,1-4,6-7,11,18H2. The van der Waals surface area contributed by atoms with Crippen LogP contribution < -0.4 is 5.73 Å². The molecule has 0 amide bonds. The van der Waals surface area contributed by atoms with Crippen molar-refractivity contribution in [2.24, 2.45) is 11.7 Å². The first kappa shape index (κ1) is 14.5. The molecule has 2 atom stereocenters. The van der Waals surface area contributed by atoms with Gasteiger partial charge in [0.05, 0.1) is 6.10 Å². The van der Waals surface area contributed by atoms with Gasteiger partial charge < -0.3 is 10.8 Å². The quantitative estimate of drug-likeness (QED) is 0.821. The zero-order valence-electron chi connectivity index (χ0n) is 11.4. The van der Waals surface area contributed by atoms with Gasteiger partial charge in [-0.25, -0.2) is 4.39 Å². The van der Waals surface area contributed by atoms with Crippen molar-refractivity contribution in [2.45, 2.75) is 50.5 Å². The van der Waals surface area contributed by atoms with Gasteiger partial charge in [-0.05, 0) is 36.5 Å². The maximum absolute atomic E-state index is 13.3. The number of halogens is 1. The van der Waals surface area contributed by atoms with E-state index in [-0.39, 0.29) is 11.7 Å². The molecule has 1 aliphatic rings. The van der Waals surface area contributed by atoms with Crippen molar-refractivity contribution in [2.75, 3.05) is 6.54 Å². The van der Waals surface area contributed by atoms with Crippen LogP contribution in [0.4, 0.5) is 4.39 Å². The molecule has 1 fully saturated rings. The number of benzene rings is 1. The number of hydrogen-bond donors (Lipinski definition) is 2. The summed E-state index contributed by atoms with van der Waals surface area (Å²) in [5.74, 6) is -0.109. The smallest absolute Gasteiger partial charge is 0.123 e. The summed E-state index contributed by atoms with van der Waals surface area (Å²) in [6, 6.07) is 6.47. The Bertz CT molecular complexity index is 388. The highest BCUT2D eigenvalue weighted by molar-refractivity contribution is 5.22. The number of aliphatic hydroxyl groups excluding tert-OH is 1. The van der Waals surface area contributed by atoms with Crippen LogP contribution in [0.5, 0.6) is 0 Å². The van der Waals surface area contributed by atoms with Crippen LogP contribution in [-0.2, 0) is 0 Å². The first-order valence-electron chi connectivity index (χ1n) is 7.36. The van der Waals surface area contributed by atoms with Gasteiger partial charge in [-0.15, -0.1) is 0 Å². The summed E-state index contributed by atoms with van der Waals surface area (Å²) in [4.78, 5) is 0. The second-order valence-corrected chi connectivity index (χ2v) is 5.64. The number of hydrogen-bond acceptors (Lipinski definition) is 2. The van der Waals surface area contributed by atoms with Crippen LogP contribution in [0.2, 0.25) is 0 Å². The van der Waals surface area contributed by atoms with Crippen molar-refractivity contribution in [1.29, 1.82) is 0 Å². The predicted octanol–water partition coefficient (Wildman–Crippen LogP) is 3.20. The van der Waals surface area contributed by atoms with Crippen LogP contribution in [0.1, 0.15) is 50.0 Å². The van der Waals surface area contributed by atoms with Gasteiger partial charge in [-0.1, -0.05) is 37.8 Å². The molecule has 0 aromatic heterocycles. The summed E-state index contributed by atoms with van der Waals surface area (Å²) < 4.78 is 13.3. The van der Waals surface area contributed by atoms with Gasteiger partial charge in [0.15, 0.2) is 0 Å². The van der Waals surface area contributed by atoms with Gasteiger partial charge >= 0.3 is 0 Å². The molecule has 0 bridgehead atoms. The Labute approximate surface area is 114 Å². The number of rotatable bonds is 4. The minimum Gasteiger partial charge on any atom is -0.392 e. The molecule has 3 N–H and O–H groups in total. The minimum absolute atomic E-state index is 0.154. The zero-order valence-corrected chi connectivity index (χ0v) is 11.4. The lowest BCUT2D eigenvalue weighted by molar-refractivity contribution is 0.0741. The minimum atomic E-state index is -0.454. The van der Waals surface area contributed by atoms with Gasteiger partial charge in [-0.2, -0.15) is 0 Å². The monoisotopic (exact) mass is 265 g/mol. The molecular weight excluding hydrogens is 241 g/mol. The van der Waals surface area contributed by atoms with Crippen LogP contribution in [0.25, 0.3) is 0 Å². The molecule has 1 aliphatic carbocycles. The summed E-state index contributed by atoms with van der Waals surface area (Å²) in [6.45, 7) is 0.362. The third-order valence-electron chi connectivity index (χ3n) is 4.33. The van der Waals surface area contributed by atoms with Crippen LogP contribution in [0.3, 0.4) is 0 Å². The van der Waals surface area contributed by atoms with E-state index in [1.54, 1.807) is 6.07 Å². The van der Waals surface area contributed by atoms with Crippen molar-refractivity contribution in [3.05, 3.63) is 35.6 Å². The third-order valence-corrected chi connectivity index (χ3v) is 4.33. The van der Waals surface area contributed by atoms with Crippen LogP contribution in [-0.4, -0.2) is 17.8 Å². The summed E-state index contributed by atoms with van der Waals surface area (Å²) in [6.07, 6.45) is 6.56. The van der Waals surface area contributed by atoms with E-state index >= 15 is 0 Å². The summed E-state index contributed by atoms with van der Waals surface area (Å²) in [5.41, 5.74) is 6.64. The lowest BCUT2D eigenvalue weighted by Crippen LogP contribution is -2.32. The van der Waals surface area contributed by atoms with Crippen molar-refractivity contribution in [3.63, 3.8) is 0 Å². The Balaban J connectivity index is 2.11. The highest BCUT2D eigenvalue weighted by atomic mass is 19.1. The molecule has 0 aliphatic heterocycles. The summed E-state index contributed by atoms with van der Waals surface area (Å²) in [7, 11) is 0. The summed E-state index contributed by atoms with van der Waals surface area (Å²) >= 11 is 0. The average molecular weight is 265 g/mol. The second-order valence-electron chi connectivity index (χ2n) is 5.64. The fraction of sp³-hybridized carbons (Fsp3) is 0.625. The second kappa shape index (κ2) is 7.01. The van der Waals surface area contributed by atoms with Crippen molar-refractivity contribution < 1.29 is 9.50 Å². The van der Waals surface area contributed by atoms with Gasteiger partial charge in [0.2, 0.25) is 0 Å². The lowest BCUT2D eigenvalue weighted by Gasteiger charge is -2.29.